The van der Waals surface area contributed by atoms with Gasteiger partial charge >= 0.3 is 0 Å². The lowest BCUT2D eigenvalue weighted by Gasteiger charge is -2.08. The van der Waals surface area contributed by atoms with E-state index in [1.54, 1.807) is 7.11 Å². The first kappa shape index (κ1) is 12.8. The SMILES string of the molecule is COc1ccccc1-c1ccc2c(CCN)c[nH]c2c1. The molecule has 3 rings (SSSR count). The van der Waals surface area contributed by atoms with Gasteiger partial charge in [-0.05, 0) is 36.2 Å². The zero-order valence-electron chi connectivity index (χ0n) is 11.5. The number of benzene rings is 2. The van der Waals surface area contributed by atoms with Crippen molar-refractivity contribution in [2.45, 2.75) is 6.42 Å². The van der Waals surface area contributed by atoms with E-state index >= 15 is 0 Å². The van der Waals surface area contributed by atoms with Crippen molar-refractivity contribution in [2.24, 2.45) is 5.73 Å². The van der Waals surface area contributed by atoms with Crippen molar-refractivity contribution < 1.29 is 4.74 Å². The molecular formula is C17H18N2O. The third-order valence-electron chi connectivity index (χ3n) is 3.60. The van der Waals surface area contributed by atoms with Crippen molar-refractivity contribution in [2.75, 3.05) is 13.7 Å². The number of H-pyrrole nitrogens is 1. The van der Waals surface area contributed by atoms with Crippen molar-refractivity contribution >= 4 is 10.9 Å². The summed E-state index contributed by atoms with van der Waals surface area (Å²) in [6, 6.07) is 14.5. The number of hydrogen-bond donors (Lipinski definition) is 2. The summed E-state index contributed by atoms with van der Waals surface area (Å²) in [7, 11) is 1.70. The Bertz CT molecular complexity index is 731. The minimum Gasteiger partial charge on any atom is -0.496 e. The van der Waals surface area contributed by atoms with Gasteiger partial charge in [0.1, 0.15) is 5.75 Å². The topological polar surface area (TPSA) is 51.0 Å². The fourth-order valence-corrected chi connectivity index (χ4v) is 2.60. The number of methoxy groups -OCH3 is 1. The smallest absolute Gasteiger partial charge is 0.126 e. The molecule has 20 heavy (non-hydrogen) atoms. The Hall–Kier alpha value is -2.26. The fraction of sp³-hybridized carbons (Fsp3) is 0.176. The predicted octanol–water partition coefficient (Wildman–Crippen LogP) is 3.34. The number of nitrogens with one attached hydrogen (secondary N) is 1. The number of aromatic nitrogens is 1. The molecule has 0 fully saturated rings. The molecule has 1 aromatic heterocycles. The summed E-state index contributed by atoms with van der Waals surface area (Å²) in [6.07, 6.45) is 2.94. The number of hydrogen-bond acceptors (Lipinski definition) is 2. The summed E-state index contributed by atoms with van der Waals surface area (Å²) in [5, 5.41) is 1.24. The zero-order chi connectivity index (χ0) is 13.9. The van der Waals surface area contributed by atoms with Gasteiger partial charge in [-0.2, -0.15) is 0 Å². The lowest BCUT2D eigenvalue weighted by atomic mass is 10.0. The van der Waals surface area contributed by atoms with Gasteiger partial charge in [0, 0.05) is 22.7 Å². The van der Waals surface area contributed by atoms with Crippen LogP contribution in [0.15, 0.2) is 48.7 Å². The highest BCUT2D eigenvalue weighted by molar-refractivity contribution is 5.88. The largest absolute Gasteiger partial charge is 0.496 e. The van der Waals surface area contributed by atoms with Crippen LogP contribution in [-0.2, 0) is 6.42 Å². The van der Waals surface area contributed by atoms with Gasteiger partial charge in [0.2, 0.25) is 0 Å². The lowest BCUT2D eigenvalue weighted by Crippen LogP contribution is -2.01. The maximum Gasteiger partial charge on any atom is 0.126 e. The molecule has 102 valence electrons. The first-order chi connectivity index (χ1) is 9.83. The van der Waals surface area contributed by atoms with E-state index < -0.39 is 0 Å². The Kier molecular flexibility index (Phi) is 3.44. The molecule has 3 N–H and O–H groups in total. The number of fused-ring (bicyclic) bond motifs is 1. The Labute approximate surface area is 118 Å². The summed E-state index contributed by atoms with van der Waals surface area (Å²) < 4.78 is 5.43. The number of aromatic amines is 1. The standard InChI is InChI=1S/C17H18N2O/c1-20-17-5-3-2-4-15(17)12-6-7-14-13(8-9-18)11-19-16(14)10-12/h2-7,10-11,19H,8-9,18H2,1H3. The molecule has 3 nitrogen and oxygen atoms in total. The first-order valence-electron chi connectivity index (χ1n) is 6.77. The van der Waals surface area contributed by atoms with Gasteiger partial charge in [0.25, 0.3) is 0 Å². The van der Waals surface area contributed by atoms with E-state index in [2.05, 4.69) is 29.2 Å². The van der Waals surface area contributed by atoms with E-state index in [1.807, 2.05) is 24.4 Å². The minimum absolute atomic E-state index is 0.668. The predicted molar refractivity (Wildman–Crippen MR) is 83.0 cm³/mol. The molecule has 0 aliphatic rings. The Morgan fingerprint density at radius 2 is 2.00 bits per heavy atom. The summed E-state index contributed by atoms with van der Waals surface area (Å²) >= 11 is 0. The quantitative estimate of drug-likeness (QED) is 0.761. The number of rotatable bonds is 4. The Morgan fingerprint density at radius 1 is 1.15 bits per heavy atom. The van der Waals surface area contributed by atoms with Gasteiger partial charge in [0.05, 0.1) is 7.11 Å². The Morgan fingerprint density at radius 3 is 2.80 bits per heavy atom. The van der Waals surface area contributed by atoms with Crippen molar-refractivity contribution in [3.8, 4) is 16.9 Å². The van der Waals surface area contributed by atoms with Gasteiger partial charge in [-0.25, -0.2) is 0 Å². The molecule has 3 aromatic rings. The van der Waals surface area contributed by atoms with Crippen LogP contribution in [0.3, 0.4) is 0 Å². The monoisotopic (exact) mass is 266 g/mol. The average molecular weight is 266 g/mol. The molecular weight excluding hydrogens is 248 g/mol. The summed E-state index contributed by atoms with van der Waals surface area (Å²) in [5.74, 6) is 0.889. The van der Waals surface area contributed by atoms with Crippen molar-refractivity contribution in [1.82, 2.24) is 4.98 Å². The molecule has 0 saturated heterocycles. The maximum atomic E-state index is 5.64. The molecule has 1 heterocycles. The number of nitrogens with two attached hydrogens (primary N) is 1. The van der Waals surface area contributed by atoms with E-state index in [4.69, 9.17) is 10.5 Å². The van der Waals surface area contributed by atoms with Crippen LogP contribution in [0.25, 0.3) is 22.0 Å². The third kappa shape index (κ3) is 2.17. The van der Waals surface area contributed by atoms with Crippen LogP contribution >= 0.6 is 0 Å². The van der Waals surface area contributed by atoms with Crippen molar-refractivity contribution in [3.05, 3.63) is 54.2 Å². The lowest BCUT2D eigenvalue weighted by molar-refractivity contribution is 0.416. The van der Waals surface area contributed by atoms with Gasteiger partial charge in [0.15, 0.2) is 0 Å². The third-order valence-corrected chi connectivity index (χ3v) is 3.60. The second-order valence-corrected chi connectivity index (χ2v) is 4.81. The van der Waals surface area contributed by atoms with Gasteiger partial charge in [-0.1, -0.05) is 30.3 Å². The summed E-state index contributed by atoms with van der Waals surface area (Å²) in [5.41, 5.74) is 10.3. The van der Waals surface area contributed by atoms with E-state index in [0.717, 1.165) is 28.8 Å². The Balaban J connectivity index is 2.09. The zero-order valence-corrected chi connectivity index (χ0v) is 11.5. The van der Waals surface area contributed by atoms with E-state index in [-0.39, 0.29) is 0 Å². The molecule has 0 amide bonds. The second kappa shape index (κ2) is 5.39. The van der Waals surface area contributed by atoms with Crippen LogP contribution < -0.4 is 10.5 Å². The highest BCUT2D eigenvalue weighted by Crippen LogP contribution is 2.32. The van der Waals surface area contributed by atoms with E-state index in [0.29, 0.717) is 6.54 Å². The van der Waals surface area contributed by atoms with Gasteiger partial charge in [-0.15, -0.1) is 0 Å². The highest BCUT2D eigenvalue weighted by atomic mass is 16.5. The van der Waals surface area contributed by atoms with Crippen LogP contribution in [0, 0.1) is 0 Å². The fourth-order valence-electron chi connectivity index (χ4n) is 2.60. The van der Waals surface area contributed by atoms with Crippen molar-refractivity contribution in [1.29, 1.82) is 0 Å². The molecule has 0 saturated carbocycles. The van der Waals surface area contributed by atoms with Crippen LogP contribution in [0.1, 0.15) is 5.56 Å². The molecule has 0 aliphatic carbocycles. The maximum absolute atomic E-state index is 5.64. The summed E-state index contributed by atoms with van der Waals surface area (Å²) in [6.45, 7) is 0.668. The van der Waals surface area contributed by atoms with Gasteiger partial charge < -0.3 is 15.5 Å². The molecule has 0 bridgehead atoms. The average Bonchev–Trinajstić information content (AvgIpc) is 2.90. The normalized spacial score (nSPS) is 10.9. The second-order valence-electron chi connectivity index (χ2n) is 4.81. The number of para-hydroxylation sites is 1. The molecule has 2 aromatic carbocycles. The molecule has 0 radical (unpaired) electrons. The number of ether oxygens (including phenoxy) is 1. The van der Waals surface area contributed by atoms with Crippen LogP contribution in [0.5, 0.6) is 5.75 Å². The summed E-state index contributed by atoms with van der Waals surface area (Å²) in [4.78, 5) is 3.32. The van der Waals surface area contributed by atoms with E-state index in [9.17, 15) is 0 Å². The van der Waals surface area contributed by atoms with Crippen molar-refractivity contribution in [3.63, 3.8) is 0 Å². The van der Waals surface area contributed by atoms with Crippen LogP contribution in [0.2, 0.25) is 0 Å². The molecule has 0 unspecified atom stereocenters. The first-order valence-corrected chi connectivity index (χ1v) is 6.77. The molecule has 3 heteroatoms. The molecule has 0 atom stereocenters. The molecule has 0 spiro atoms. The highest BCUT2D eigenvalue weighted by Gasteiger charge is 2.08. The minimum atomic E-state index is 0.668. The molecule has 0 aliphatic heterocycles. The van der Waals surface area contributed by atoms with Crippen LogP contribution in [-0.4, -0.2) is 18.6 Å². The van der Waals surface area contributed by atoms with Crippen LogP contribution in [0.4, 0.5) is 0 Å². The van der Waals surface area contributed by atoms with E-state index in [1.165, 1.54) is 10.9 Å². The van der Waals surface area contributed by atoms with Gasteiger partial charge in [-0.3, -0.25) is 0 Å².